The molecule has 1 N–H and O–H groups in total. The summed E-state index contributed by atoms with van der Waals surface area (Å²) < 4.78 is 2.03. The van der Waals surface area contributed by atoms with Crippen LogP contribution in [0.3, 0.4) is 0 Å². The molecule has 0 atom stereocenters. The summed E-state index contributed by atoms with van der Waals surface area (Å²) in [6, 6.07) is 7.20. The molecule has 3 rings (SSSR count). The van der Waals surface area contributed by atoms with Gasteiger partial charge in [0.05, 0.1) is 11.0 Å². The molecule has 0 fully saturated rings. The van der Waals surface area contributed by atoms with E-state index in [0.717, 1.165) is 16.4 Å². The van der Waals surface area contributed by atoms with E-state index in [4.69, 9.17) is 0 Å². The van der Waals surface area contributed by atoms with Gasteiger partial charge in [0.2, 0.25) is 0 Å². The Labute approximate surface area is 86.0 Å². The molecule has 0 aliphatic carbocycles. The van der Waals surface area contributed by atoms with E-state index in [2.05, 4.69) is 4.98 Å². The van der Waals surface area contributed by atoms with Crippen LogP contribution in [0.5, 0.6) is 0 Å². The zero-order valence-electron chi connectivity index (χ0n) is 8.32. The van der Waals surface area contributed by atoms with E-state index >= 15 is 0 Å². The van der Waals surface area contributed by atoms with Crippen molar-refractivity contribution in [3.8, 4) is 0 Å². The first-order chi connectivity index (χ1) is 7.27. The Hall–Kier alpha value is -2.03. The Kier molecular flexibility index (Phi) is 1.51. The van der Waals surface area contributed by atoms with Crippen LogP contribution in [0.1, 0.15) is 0 Å². The third-order valence-electron chi connectivity index (χ3n) is 2.82. The monoisotopic (exact) mass is 198 g/mol. The number of rotatable bonds is 0. The van der Waals surface area contributed by atoms with E-state index < -0.39 is 0 Å². The summed E-state index contributed by atoms with van der Waals surface area (Å²) >= 11 is 0. The van der Waals surface area contributed by atoms with Gasteiger partial charge in [0, 0.05) is 36.3 Å². The van der Waals surface area contributed by atoms with Gasteiger partial charge in [-0.05, 0) is 18.2 Å². The van der Waals surface area contributed by atoms with Crippen molar-refractivity contribution in [2.24, 2.45) is 7.05 Å². The minimum absolute atomic E-state index is 0.0531. The fraction of sp³-hybridized carbons (Fsp3) is 0.0833. The molecule has 2 heterocycles. The Morgan fingerprint density at radius 3 is 2.80 bits per heavy atom. The van der Waals surface area contributed by atoms with Crippen molar-refractivity contribution in [1.82, 2.24) is 9.55 Å². The van der Waals surface area contributed by atoms with Crippen LogP contribution in [-0.4, -0.2) is 9.55 Å². The topological polar surface area (TPSA) is 37.8 Å². The van der Waals surface area contributed by atoms with Crippen molar-refractivity contribution < 1.29 is 0 Å². The normalized spacial score (nSPS) is 11.3. The summed E-state index contributed by atoms with van der Waals surface area (Å²) in [5.74, 6) is 0. The second-order valence-corrected chi connectivity index (χ2v) is 3.68. The largest absolute Gasteiger partial charge is 0.366 e. The number of nitrogens with zero attached hydrogens (tertiary/aromatic N) is 1. The van der Waals surface area contributed by atoms with Gasteiger partial charge in [-0.1, -0.05) is 0 Å². The molecule has 0 aliphatic heterocycles. The number of benzene rings is 1. The van der Waals surface area contributed by atoms with Crippen LogP contribution in [0.4, 0.5) is 0 Å². The first-order valence-corrected chi connectivity index (χ1v) is 4.82. The number of fused-ring (bicyclic) bond motifs is 3. The quantitative estimate of drug-likeness (QED) is 0.589. The molecule has 0 amide bonds. The van der Waals surface area contributed by atoms with Gasteiger partial charge in [-0.15, -0.1) is 0 Å². The van der Waals surface area contributed by atoms with Gasteiger partial charge in [-0.25, -0.2) is 0 Å². The van der Waals surface area contributed by atoms with Gasteiger partial charge < -0.3 is 9.55 Å². The lowest BCUT2D eigenvalue weighted by atomic mass is 10.2. The predicted molar refractivity (Wildman–Crippen MR) is 61.0 cm³/mol. The van der Waals surface area contributed by atoms with Gasteiger partial charge in [0.25, 0.3) is 0 Å². The number of pyridine rings is 1. The lowest BCUT2D eigenvalue weighted by Crippen LogP contribution is -1.96. The summed E-state index contributed by atoms with van der Waals surface area (Å²) in [6.45, 7) is 0. The van der Waals surface area contributed by atoms with Crippen LogP contribution in [0.25, 0.3) is 21.8 Å². The average Bonchev–Trinajstić information content (AvgIpc) is 2.54. The van der Waals surface area contributed by atoms with Crippen LogP contribution in [0.2, 0.25) is 0 Å². The molecule has 0 saturated carbocycles. The molecule has 0 unspecified atom stereocenters. The molecule has 74 valence electrons. The standard InChI is InChI=1S/C12H10N2O/c1-14-11-6-8(15)2-3-9(11)10-4-5-13-7-12(10)14/h2-7,13H,1H3. The number of nitrogens with one attached hydrogen (secondary N) is 1. The number of H-pyrrole nitrogens is 1. The minimum atomic E-state index is 0.0531. The SMILES string of the molecule is Cn1c2c[nH]ccc2c2ccc(=O)cc21. The lowest BCUT2D eigenvalue weighted by Gasteiger charge is -1.95. The van der Waals surface area contributed by atoms with E-state index in [-0.39, 0.29) is 5.43 Å². The maximum Gasteiger partial charge on any atom is 0.180 e. The Morgan fingerprint density at radius 1 is 1.13 bits per heavy atom. The second-order valence-electron chi connectivity index (χ2n) is 3.68. The summed E-state index contributed by atoms with van der Waals surface area (Å²) in [7, 11) is 1.97. The molecular formula is C12H10N2O. The van der Waals surface area contributed by atoms with Crippen LogP contribution in [-0.2, 0) is 7.05 Å². The molecule has 2 aromatic heterocycles. The number of hydrogen-bond acceptors (Lipinski definition) is 1. The molecule has 0 bridgehead atoms. The zero-order chi connectivity index (χ0) is 10.4. The van der Waals surface area contributed by atoms with E-state index in [0.29, 0.717) is 0 Å². The minimum Gasteiger partial charge on any atom is -0.366 e. The Balaban J connectivity index is 2.69. The zero-order valence-corrected chi connectivity index (χ0v) is 8.32. The molecule has 0 radical (unpaired) electrons. The van der Waals surface area contributed by atoms with Crippen LogP contribution in [0, 0.1) is 0 Å². The van der Waals surface area contributed by atoms with Crippen molar-refractivity contribution in [3.05, 3.63) is 46.9 Å². The van der Waals surface area contributed by atoms with Gasteiger partial charge in [0.15, 0.2) is 5.43 Å². The van der Waals surface area contributed by atoms with Crippen molar-refractivity contribution >= 4 is 21.8 Å². The first-order valence-electron chi connectivity index (χ1n) is 4.82. The third kappa shape index (κ3) is 1.03. The van der Waals surface area contributed by atoms with Gasteiger partial charge in [-0.3, -0.25) is 4.79 Å². The van der Waals surface area contributed by atoms with E-state index in [1.54, 1.807) is 12.1 Å². The smallest absolute Gasteiger partial charge is 0.180 e. The molecule has 0 saturated heterocycles. The van der Waals surface area contributed by atoms with Gasteiger partial charge in [0.1, 0.15) is 0 Å². The first kappa shape index (κ1) is 8.29. The average molecular weight is 198 g/mol. The van der Waals surface area contributed by atoms with E-state index in [1.807, 2.05) is 36.1 Å². The number of aromatic nitrogens is 2. The highest BCUT2D eigenvalue weighted by atomic mass is 16.1. The summed E-state index contributed by atoms with van der Waals surface area (Å²) in [4.78, 5) is 14.3. The highest BCUT2D eigenvalue weighted by Crippen LogP contribution is 2.25. The molecule has 3 nitrogen and oxygen atoms in total. The van der Waals surface area contributed by atoms with Gasteiger partial charge >= 0.3 is 0 Å². The predicted octanol–water partition coefficient (Wildman–Crippen LogP) is 2.02. The number of hydrogen-bond donors (Lipinski definition) is 1. The fourth-order valence-electron chi connectivity index (χ4n) is 2.07. The van der Waals surface area contributed by atoms with Crippen LogP contribution < -0.4 is 5.43 Å². The molecule has 1 aromatic carbocycles. The summed E-state index contributed by atoms with van der Waals surface area (Å²) in [5.41, 5.74) is 2.15. The van der Waals surface area contributed by atoms with E-state index in [1.165, 1.54) is 5.39 Å². The van der Waals surface area contributed by atoms with E-state index in [9.17, 15) is 4.79 Å². The maximum atomic E-state index is 11.3. The highest BCUT2D eigenvalue weighted by Gasteiger charge is 2.06. The van der Waals surface area contributed by atoms with Crippen LogP contribution >= 0.6 is 0 Å². The molecule has 3 aromatic rings. The van der Waals surface area contributed by atoms with Gasteiger partial charge in [-0.2, -0.15) is 0 Å². The highest BCUT2D eigenvalue weighted by molar-refractivity contribution is 6.07. The lowest BCUT2D eigenvalue weighted by molar-refractivity contribution is 1.01. The summed E-state index contributed by atoms with van der Waals surface area (Å²) in [5, 5.41) is 2.30. The maximum absolute atomic E-state index is 11.3. The molecule has 0 spiro atoms. The van der Waals surface area contributed by atoms with Crippen molar-refractivity contribution in [1.29, 1.82) is 0 Å². The number of aryl methyl sites for hydroxylation is 1. The molecule has 0 aliphatic rings. The summed E-state index contributed by atoms with van der Waals surface area (Å²) in [6.07, 6.45) is 3.84. The Bertz CT molecular complexity index is 706. The molecule has 3 heteroatoms. The third-order valence-corrected chi connectivity index (χ3v) is 2.82. The molecular weight excluding hydrogens is 188 g/mol. The van der Waals surface area contributed by atoms with Crippen molar-refractivity contribution in [2.45, 2.75) is 0 Å². The number of aromatic amines is 1. The van der Waals surface area contributed by atoms with Crippen LogP contribution in [0.15, 0.2) is 41.5 Å². The molecule has 15 heavy (non-hydrogen) atoms. The van der Waals surface area contributed by atoms with Crippen molar-refractivity contribution in [2.75, 3.05) is 0 Å². The Morgan fingerprint density at radius 2 is 1.93 bits per heavy atom. The second kappa shape index (κ2) is 2.73. The van der Waals surface area contributed by atoms with Crippen molar-refractivity contribution in [3.63, 3.8) is 0 Å². The fourth-order valence-corrected chi connectivity index (χ4v) is 2.07.